The Morgan fingerprint density at radius 1 is 1.31 bits per heavy atom. The van der Waals surface area contributed by atoms with Crippen molar-refractivity contribution >= 4 is 28.3 Å². The van der Waals surface area contributed by atoms with Crippen LogP contribution in [0, 0.1) is 11.3 Å². The van der Waals surface area contributed by atoms with Crippen molar-refractivity contribution in [3.05, 3.63) is 63.0 Å². The van der Waals surface area contributed by atoms with Crippen molar-refractivity contribution in [2.75, 3.05) is 11.9 Å². The predicted octanol–water partition coefficient (Wildman–Crippen LogP) is 3.72. The zero-order chi connectivity index (χ0) is 21.3. The number of aliphatic hydroxyl groups is 1. The lowest BCUT2D eigenvalue weighted by molar-refractivity contribution is -0.141. The summed E-state index contributed by atoms with van der Waals surface area (Å²) in [7, 11) is 0. The van der Waals surface area contributed by atoms with Crippen LogP contribution >= 0.6 is 11.6 Å². The number of hydrogen-bond acceptors (Lipinski definition) is 5. The second-order valence-corrected chi connectivity index (χ2v) is 6.66. The largest absolute Gasteiger partial charge is 0.433 e. The van der Waals surface area contributed by atoms with Crippen molar-refractivity contribution in [1.82, 2.24) is 9.55 Å². The lowest BCUT2D eigenvalue weighted by Gasteiger charge is -2.18. The first kappa shape index (κ1) is 20.6. The summed E-state index contributed by atoms with van der Waals surface area (Å²) in [5.74, 6) is 0. The van der Waals surface area contributed by atoms with Crippen LogP contribution in [0.5, 0.6) is 0 Å². The topological polar surface area (TPSA) is 90.9 Å². The number of hydrogen-bond donors (Lipinski definition) is 2. The molecule has 6 nitrogen and oxygen atoms in total. The summed E-state index contributed by atoms with van der Waals surface area (Å²) in [5, 5.41) is 22.0. The molecule has 0 radical (unpaired) electrons. The van der Waals surface area contributed by atoms with Crippen molar-refractivity contribution in [1.29, 1.82) is 5.26 Å². The summed E-state index contributed by atoms with van der Waals surface area (Å²) in [5.41, 5.74) is -2.64. The molecule has 2 N–H and O–H groups in total. The van der Waals surface area contributed by atoms with Crippen molar-refractivity contribution in [2.24, 2.45) is 0 Å². The third kappa shape index (κ3) is 3.90. The van der Waals surface area contributed by atoms with Crippen molar-refractivity contribution in [2.45, 2.75) is 19.2 Å². The average Bonchev–Trinajstić information content (AvgIpc) is 2.65. The number of halogens is 4. The van der Waals surface area contributed by atoms with Crippen molar-refractivity contribution in [3.63, 3.8) is 0 Å². The van der Waals surface area contributed by atoms with Gasteiger partial charge < -0.3 is 10.4 Å². The third-order valence-electron chi connectivity index (χ3n) is 4.09. The van der Waals surface area contributed by atoms with Crippen molar-refractivity contribution in [3.8, 4) is 11.8 Å². The van der Waals surface area contributed by atoms with E-state index in [1.165, 1.54) is 19.1 Å². The van der Waals surface area contributed by atoms with E-state index in [0.29, 0.717) is 0 Å². The highest BCUT2D eigenvalue weighted by atomic mass is 35.5. The van der Waals surface area contributed by atoms with E-state index in [2.05, 4.69) is 10.3 Å². The zero-order valence-corrected chi connectivity index (χ0v) is 15.7. The number of fused-ring (bicyclic) bond motifs is 1. The van der Waals surface area contributed by atoms with Crippen LogP contribution < -0.4 is 10.9 Å². The van der Waals surface area contributed by atoms with E-state index in [4.69, 9.17) is 11.6 Å². The Labute approximate surface area is 167 Å². The van der Waals surface area contributed by atoms with Crippen LogP contribution in [0.4, 0.5) is 18.9 Å². The first-order valence-electron chi connectivity index (χ1n) is 8.39. The van der Waals surface area contributed by atoms with E-state index in [1.807, 2.05) is 0 Å². The second-order valence-electron chi connectivity index (χ2n) is 6.25. The molecular weight excluding hydrogens is 409 g/mol. The molecule has 0 spiro atoms. The average molecular weight is 423 g/mol. The number of anilines is 1. The van der Waals surface area contributed by atoms with Crippen LogP contribution in [-0.4, -0.2) is 27.3 Å². The van der Waals surface area contributed by atoms with Gasteiger partial charge in [0.05, 0.1) is 22.5 Å². The Morgan fingerprint density at radius 3 is 2.59 bits per heavy atom. The van der Waals surface area contributed by atoms with Gasteiger partial charge in [0.2, 0.25) is 0 Å². The van der Waals surface area contributed by atoms with Crippen LogP contribution in [0.3, 0.4) is 0 Å². The highest BCUT2D eigenvalue weighted by Gasteiger charge is 2.33. The number of nitriles is 1. The van der Waals surface area contributed by atoms with Crippen LogP contribution in [-0.2, 0) is 6.18 Å². The fraction of sp³-hybridized carbons (Fsp3) is 0.211. The molecule has 0 amide bonds. The minimum absolute atomic E-state index is 0.00192. The third-order valence-corrected chi connectivity index (χ3v) is 4.41. The summed E-state index contributed by atoms with van der Waals surface area (Å²) < 4.78 is 40.6. The molecule has 2 heterocycles. The molecule has 3 rings (SSSR count). The normalized spacial score (nSPS) is 12.6. The maximum atomic E-state index is 13.3. The monoisotopic (exact) mass is 422 g/mol. The molecule has 1 atom stereocenters. The molecule has 29 heavy (non-hydrogen) atoms. The maximum Gasteiger partial charge on any atom is 0.433 e. The van der Waals surface area contributed by atoms with E-state index in [-0.39, 0.29) is 39.5 Å². The molecule has 1 aromatic carbocycles. The summed E-state index contributed by atoms with van der Waals surface area (Å²) in [4.78, 5) is 16.7. The van der Waals surface area contributed by atoms with Gasteiger partial charge in [-0.3, -0.25) is 9.36 Å². The Hall–Kier alpha value is -3.09. The second kappa shape index (κ2) is 7.73. The molecule has 0 saturated carbocycles. The van der Waals surface area contributed by atoms with Gasteiger partial charge in [0.1, 0.15) is 23.0 Å². The van der Waals surface area contributed by atoms with E-state index >= 15 is 0 Å². The number of rotatable bonds is 4. The molecule has 3 aromatic rings. The summed E-state index contributed by atoms with van der Waals surface area (Å²) >= 11 is 6.16. The van der Waals surface area contributed by atoms with Gasteiger partial charge in [-0.05, 0) is 31.2 Å². The first-order valence-corrected chi connectivity index (χ1v) is 8.77. The lowest BCUT2D eigenvalue weighted by atomic mass is 10.1. The standard InChI is InChI=1S/C19H14ClF3N4O2/c1-10(28)9-25-16-11-6-7-15(19(21,22)23)26-17(11)27(18(29)12(16)8-24)14-5-3-2-4-13(14)20/h2-7,10,25,28H,9H2,1H3/t10-/m0/s1. The van der Waals surface area contributed by atoms with Gasteiger partial charge in [0.15, 0.2) is 0 Å². The Morgan fingerprint density at radius 2 is 2.00 bits per heavy atom. The number of alkyl halides is 3. The molecule has 0 saturated heterocycles. The first-order chi connectivity index (χ1) is 13.6. The predicted molar refractivity (Wildman–Crippen MR) is 102 cm³/mol. The van der Waals surface area contributed by atoms with Crippen molar-refractivity contribution < 1.29 is 18.3 Å². The van der Waals surface area contributed by atoms with Gasteiger partial charge in [-0.1, -0.05) is 23.7 Å². The minimum Gasteiger partial charge on any atom is -0.392 e. The SMILES string of the molecule is C[C@H](O)CNc1c(C#N)c(=O)n(-c2ccccc2Cl)c2nc(C(F)(F)F)ccc12. The number of nitrogens with one attached hydrogen (secondary N) is 1. The van der Waals surface area contributed by atoms with Crippen LogP contribution in [0.25, 0.3) is 16.7 Å². The molecule has 0 fully saturated rings. The van der Waals surface area contributed by atoms with Gasteiger partial charge in [0.25, 0.3) is 5.56 Å². The summed E-state index contributed by atoms with van der Waals surface area (Å²) in [6.45, 7) is 1.45. The number of nitrogens with zero attached hydrogens (tertiary/aromatic N) is 3. The Bertz CT molecular complexity index is 1180. The van der Waals surface area contributed by atoms with E-state index in [9.17, 15) is 28.3 Å². The molecule has 0 unspecified atom stereocenters. The minimum atomic E-state index is -4.74. The van der Waals surface area contributed by atoms with Crippen LogP contribution in [0.2, 0.25) is 5.02 Å². The number of aliphatic hydroxyl groups excluding tert-OH is 1. The number of aromatic nitrogens is 2. The zero-order valence-electron chi connectivity index (χ0n) is 15.0. The van der Waals surface area contributed by atoms with E-state index in [1.54, 1.807) is 18.2 Å². The molecule has 150 valence electrons. The van der Waals surface area contributed by atoms with Crippen LogP contribution in [0.15, 0.2) is 41.2 Å². The Balaban J connectivity index is 2.47. The molecule has 0 aliphatic rings. The highest BCUT2D eigenvalue weighted by molar-refractivity contribution is 6.32. The molecule has 0 aliphatic heterocycles. The Kier molecular flexibility index (Phi) is 5.50. The number of para-hydroxylation sites is 1. The van der Waals surface area contributed by atoms with Gasteiger partial charge in [-0.25, -0.2) is 4.98 Å². The molecule has 0 bridgehead atoms. The quantitative estimate of drug-likeness (QED) is 0.668. The smallest absolute Gasteiger partial charge is 0.392 e. The fourth-order valence-electron chi connectivity index (χ4n) is 2.82. The summed E-state index contributed by atoms with van der Waals surface area (Å²) in [6, 6.07) is 9.73. The van der Waals surface area contributed by atoms with Gasteiger partial charge >= 0.3 is 6.18 Å². The fourth-order valence-corrected chi connectivity index (χ4v) is 3.04. The van der Waals surface area contributed by atoms with Gasteiger partial charge in [-0.2, -0.15) is 18.4 Å². The molecule has 10 heteroatoms. The maximum absolute atomic E-state index is 13.3. The van der Waals surface area contributed by atoms with Gasteiger partial charge in [-0.15, -0.1) is 0 Å². The van der Waals surface area contributed by atoms with E-state index in [0.717, 1.165) is 16.7 Å². The summed E-state index contributed by atoms with van der Waals surface area (Å²) in [6.07, 6.45) is -5.57. The molecular formula is C19H14ClF3N4O2. The number of pyridine rings is 2. The van der Waals surface area contributed by atoms with Crippen LogP contribution in [0.1, 0.15) is 18.2 Å². The number of benzene rings is 1. The highest BCUT2D eigenvalue weighted by Crippen LogP contribution is 2.33. The lowest BCUT2D eigenvalue weighted by Crippen LogP contribution is -2.26. The van der Waals surface area contributed by atoms with Gasteiger partial charge in [0, 0.05) is 11.9 Å². The molecule has 2 aromatic heterocycles. The molecule has 0 aliphatic carbocycles. The van der Waals surface area contributed by atoms with E-state index < -0.39 is 23.5 Å².